The summed E-state index contributed by atoms with van der Waals surface area (Å²) in [6.45, 7) is 15.3. The maximum absolute atomic E-state index is 2.35. The van der Waals surface area contributed by atoms with E-state index in [-0.39, 0.29) is 0 Å². The molecule has 1 aliphatic carbocycles. The third-order valence-electron chi connectivity index (χ3n) is 23.7. The number of aryl methyl sites for hydroxylation is 8. The molecule has 115 heavy (non-hydrogen) atoms. The lowest BCUT2D eigenvalue weighted by molar-refractivity contribution is 0.687. The minimum absolute atomic E-state index is 1.19. The van der Waals surface area contributed by atoms with E-state index in [1.54, 1.807) is 11.1 Å². The Kier molecular flexibility index (Phi) is 20.3. The average molecular weight is 1470 g/mol. The van der Waals surface area contributed by atoms with Gasteiger partial charge in [0.1, 0.15) is 0 Å². The van der Waals surface area contributed by atoms with Crippen LogP contribution in [0.1, 0.15) is 62.9 Å². The van der Waals surface area contributed by atoms with Crippen LogP contribution < -0.4 is 0 Å². The molecule has 0 aliphatic heterocycles. The maximum atomic E-state index is 2.35. The highest BCUT2D eigenvalue weighted by Gasteiger charge is 2.24. The fraction of sp³-hybridized carbons (Fsp3) is 0.0957. The molecule has 0 spiro atoms. The van der Waals surface area contributed by atoms with Crippen molar-refractivity contribution in [3.05, 3.63) is 432 Å². The summed E-state index contributed by atoms with van der Waals surface area (Å²) in [5, 5.41) is 21.1. The Morgan fingerprint density at radius 2 is 0.409 bits per heavy atom. The number of hydrogen-bond donors (Lipinski definition) is 0. The Morgan fingerprint density at radius 1 is 0.157 bits per heavy atom. The lowest BCUT2D eigenvalue weighted by Gasteiger charge is -2.23. The molecule has 1 aliphatic rings. The van der Waals surface area contributed by atoms with Crippen LogP contribution >= 0.6 is 0 Å². The Balaban J connectivity index is 0.000000107. The van der Waals surface area contributed by atoms with Gasteiger partial charge in [-0.25, -0.2) is 0 Å². The van der Waals surface area contributed by atoms with E-state index >= 15 is 0 Å². The normalized spacial score (nSPS) is 11.8. The van der Waals surface area contributed by atoms with Gasteiger partial charge in [-0.1, -0.05) is 410 Å². The lowest BCUT2D eigenvalue weighted by atomic mass is 9.81. The van der Waals surface area contributed by atoms with Crippen molar-refractivity contribution in [3.8, 4) is 89.0 Å². The zero-order valence-corrected chi connectivity index (χ0v) is 66.7. The van der Waals surface area contributed by atoms with Crippen molar-refractivity contribution in [1.29, 1.82) is 0 Å². The predicted molar refractivity (Wildman–Crippen MR) is 499 cm³/mol. The average Bonchev–Trinajstić information content (AvgIpc) is 0.750. The maximum Gasteiger partial charge on any atom is -0.00210 e. The molecule has 21 rings (SSSR count). The third kappa shape index (κ3) is 14.0. The molecule has 0 radical (unpaired) electrons. The van der Waals surface area contributed by atoms with Crippen molar-refractivity contribution in [2.75, 3.05) is 0 Å². The van der Waals surface area contributed by atoms with Gasteiger partial charge >= 0.3 is 0 Å². The van der Waals surface area contributed by atoms with Crippen LogP contribution in [0.2, 0.25) is 0 Å². The molecule has 20 aromatic carbocycles. The first-order valence-corrected chi connectivity index (χ1v) is 40.8. The van der Waals surface area contributed by atoms with Crippen LogP contribution in [0.3, 0.4) is 0 Å². The molecule has 0 aromatic heterocycles. The fourth-order valence-electron chi connectivity index (χ4n) is 18.8. The van der Waals surface area contributed by atoms with Gasteiger partial charge < -0.3 is 0 Å². The van der Waals surface area contributed by atoms with E-state index in [1.165, 1.54) is 240 Å². The highest BCUT2D eigenvalue weighted by molar-refractivity contribution is 6.26. The summed E-state index contributed by atoms with van der Waals surface area (Å²) in [6, 6.07) is 140. The molecule has 0 bridgehead atoms. The molecule has 0 saturated heterocycles. The van der Waals surface area contributed by atoms with Gasteiger partial charge in [-0.3, -0.25) is 0 Å². The standard InChI is InChI=1S/C31H26.C30H26.2C27H20/c1-21-17-19-23(20-18-21)30-26-12-4-6-14-28(26)31(29-15-7-5-13-27(29)30)25-16-8-10-22-9-2-3-11-24(22)25;1-19-13-15-23(16-14-19)29-24-9-5-7-11-26(24)30(27-12-8-6-10-25(27)29)28-21(3)17-20(2)18-22(28)4;2*1-19-10-9-13-21(18-19)27-24-16-7-5-14-22(24)26(20-11-3-2-4-12-20)23-15-6-8-17-25(23)27/h4-8,10,12-20H,2-3,9,11H2,1H3;5-18H,1-4H3;2*2-18H,1H3. The largest absolute Gasteiger partial charge is 0.0622 e. The van der Waals surface area contributed by atoms with Crippen molar-refractivity contribution < 1.29 is 0 Å². The van der Waals surface area contributed by atoms with Crippen LogP contribution in [0.4, 0.5) is 0 Å². The first kappa shape index (κ1) is 73.0. The first-order chi connectivity index (χ1) is 56.5. The van der Waals surface area contributed by atoms with Gasteiger partial charge in [0.05, 0.1) is 0 Å². The highest BCUT2D eigenvalue weighted by atomic mass is 14.3. The van der Waals surface area contributed by atoms with E-state index in [0.29, 0.717) is 0 Å². The van der Waals surface area contributed by atoms with Gasteiger partial charge in [-0.2, -0.15) is 0 Å². The molecule has 0 heterocycles. The topological polar surface area (TPSA) is 0 Å². The summed E-state index contributed by atoms with van der Waals surface area (Å²) < 4.78 is 0. The quantitative estimate of drug-likeness (QED) is 0.133. The van der Waals surface area contributed by atoms with Crippen LogP contribution in [0.15, 0.2) is 382 Å². The molecule has 0 nitrogen and oxygen atoms in total. The second-order valence-electron chi connectivity index (χ2n) is 31.5. The Hall–Kier alpha value is -13.5. The Bertz CT molecular complexity index is 6600. The van der Waals surface area contributed by atoms with Crippen molar-refractivity contribution in [2.24, 2.45) is 0 Å². The molecule has 0 saturated carbocycles. The van der Waals surface area contributed by atoms with Crippen molar-refractivity contribution in [3.63, 3.8) is 0 Å². The van der Waals surface area contributed by atoms with Crippen LogP contribution in [-0.4, -0.2) is 0 Å². The lowest BCUT2D eigenvalue weighted by Crippen LogP contribution is -2.04. The Labute approximate surface area is 677 Å². The van der Waals surface area contributed by atoms with Crippen molar-refractivity contribution in [1.82, 2.24) is 0 Å². The number of rotatable bonds is 8. The second-order valence-corrected chi connectivity index (χ2v) is 31.5. The predicted octanol–water partition coefficient (Wildman–Crippen LogP) is 32.3. The van der Waals surface area contributed by atoms with Crippen molar-refractivity contribution in [2.45, 2.75) is 74.1 Å². The molecule has 0 fully saturated rings. The molecule has 552 valence electrons. The molecule has 0 unspecified atom stereocenters. The number of fused-ring (bicyclic) bond motifs is 9. The summed E-state index contributed by atoms with van der Waals surface area (Å²) in [5.74, 6) is 0. The highest BCUT2D eigenvalue weighted by Crippen LogP contribution is 2.50. The summed E-state index contributed by atoms with van der Waals surface area (Å²) >= 11 is 0. The van der Waals surface area contributed by atoms with Gasteiger partial charge in [0.25, 0.3) is 0 Å². The zero-order chi connectivity index (χ0) is 78.0. The number of benzene rings is 20. The smallest absolute Gasteiger partial charge is 0.00210 e. The molecule has 0 heteroatoms. The van der Waals surface area contributed by atoms with E-state index in [9.17, 15) is 0 Å². The van der Waals surface area contributed by atoms with E-state index in [4.69, 9.17) is 0 Å². The van der Waals surface area contributed by atoms with Gasteiger partial charge in [-0.15, -0.1) is 0 Å². The van der Waals surface area contributed by atoms with Crippen LogP contribution in [0, 0.1) is 48.5 Å². The fourth-order valence-corrected chi connectivity index (χ4v) is 18.8. The first-order valence-electron chi connectivity index (χ1n) is 40.8. The monoisotopic (exact) mass is 1470 g/mol. The van der Waals surface area contributed by atoms with E-state index < -0.39 is 0 Å². The summed E-state index contributed by atoms with van der Waals surface area (Å²) in [7, 11) is 0. The van der Waals surface area contributed by atoms with Crippen LogP contribution in [-0.2, 0) is 12.8 Å². The van der Waals surface area contributed by atoms with E-state index in [1.807, 2.05) is 0 Å². The van der Waals surface area contributed by atoms with E-state index in [0.717, 1.165) is 0 Å². The summed E-state index contributed by atoms with van der Waals surface area (Å²) in [4.78, 5) is 0. The Morgan fingerprint density at radius 3 is 0.722 bits per heavy atom. The SMILES string of the molecule is Cc1ccc(-c2c3ccccc3c(-c3c(C)cc(C)cc3C)c3ccccc23)cc1.Cc1ccc(-c2c3ccccc3c(-c3cccc4c3CCCC4)c3ccccc23)cc1.Cc1cccc(-c2c3ccccc3c(-c3ccccc3)c3ccccc23)c1.Cc1cccc(-c2c3ccccc3c(-c3ccccc3)c3ccccc23)c1. The van der Waals surface area contributed by atoms with Crippen molar-refractivity contribution >= 4 is 86.2 Å². The summed E-state index contributed by atoms with van der Waals surface area (Å²) in [5.41, 5.74) is 33.4. The molecule has 0 atom stereocenters. The van der Waals surface area contributed by atoms with E-state index in [2.05, 4.69) is 431 Å². The minimum Gasteiger partial charge on any atom is -0.0622 e. The molecule has 0 N–H and O–H groups in total. The zero-order valence-electron chi connectivity index (χ0n) is 66.7. The van der Waals surface area contributed by atoms with Gasteiger partial charge in [0, 0.05) is 0 Å². The van der Waals surface area contributed by atoms with Crippen LogP contribution in [0.25, 0.3) is 175 Å². The molecular formula is C115H92. The molecular weight excluding hydrogens is 1380 g/mol. The molecule has 0 amide bonds. The van der Waals surface area contributed by atoms with Gasteiger partial charge in [0.2, 0.25) is 0 Å². The van der Waals surface area contributed by atoms with Gasteiger partial charge in [-0.05, 0) is 272 Å². The second kappa shape index (κ2) is 31.9. The molecule has 20 aromatic rings. The minimum atomic E-state index is 1.19. The van der Waals surface area contributed by atoms with Crippen LogP contribution in [0.5, 0.6) is 0 Å². The third-order valence-corrected chi connectivity index (χ3v) is 23.7. The van der Waals surface area contributed by atoms with Gasteiger partial charge in [0.15, 0.2) is 0 Å². The summed E-state index contributed by atoms with van der Waals surface area (Å²) in [6.07, 6.45) is 5.00. The number of hydrogen-bond acceptors (Lipinski definition) is 0.